The van der Waals surface area contributed by atoms with Gasteiger partial charge in [0.05, 0.1) is 0 Å². The third-order valence-corrected chi connectivity index (χ3v) is 30.1. The minimum absolute atomic E-state index is 0.595. The second-order valence-corrected chi connectivity index (χ2v) is 40.1. The summed E-state index contributed by atoms with van der Waals surface area (Å²) in [5.41, 5.74) is 2.68. The van der Waals surface area contributed by atoms with Crippen LogP contribution in [0.15, 0.2) is 0 Å². The number of rotatable bonds is 3. The van der Waals surface area contributed by atoms with Crippen LogP contribution < -0.4 is 0 Å². The van der Waals surface area contributed by atoms with E-state index in [0.717, 1.165) is 159 Å². The average Bonchev–Trinajstić information content (AvgIpc) is 2.58. The van der Waals surface area contributed by atoms with Crippen molar-refractivity contribution in [2.45, 2.75) is 395 Å². The predicted octanol–water partition coefficient (Wildman–Crippen LogP) is 30.1. The van der Waals surface area contributed by atoms with E-state index in [1.165, 1.54) is 173 Å². The lowest BCUT2D eigenvalue weighted by atomic mass is 9.60. The summed E-state index contributed by atoms with van der Waals surface area (Å²) in [6, 6.07) is 0. The van der Waals surface area contributed by atoms with Gasteiger partial charge in [-0.25, -0.2) is 0 Å². The molecule has 89 heavy (non-hydrogen) atoms. The normalized spacial score (nSPS) is 41.9. The number of hydrogen-bond donors (Lipinski definition) is 0. The molecule has 0 aromatic carbocycles. The molecule has 2 bridgehead atoms. The zero-order chi connectivity index (χ0) is 68.1. The lowest BCUT2D eigenvalue weighted by Crippen LogP contribution is -2.39. The van der Waals surface area contributed by atoms with Crippen molar-refractivity contribution in [2.24, 2.45) is 176 Å². The van der Waals surface area contributed by atoms with Crippen LogP contribution in [0.4, 0.5) is 0 Å². The van der Waals surface area contributed by atoms with Crippen molar-refractivity contribution in [1.29, 1.82) is 0 Å². The maximum Gasteiger partial charge on any atom is -0.0297 e. The molecule has 0 N–H and O–H groups in total. The number of hydrogen-bond acceptors (Lipinski definition) is 0. The van der Waals surface area contributed by atoms with Gasteiger partial charge in [0, 0.05) is 0 Å². The summed E-state index contributed by atoms with van der Waals surface area (Å²) in [4.78, 5) is 0. The Bertz CT molecular complexity index is 1640. The van der Waals surface area contributed by atoms with E-state index < -0.39 is 0 Å². The lowest BCUT2D eigenvalue weighted by molar-refractivity contribution is 0.0302. The van der Waals surface area contributed by atoms with Crippen molar-refractivity contribution < 1.29 is 0 Å². The highest BCUT2D eigenvalue weighted by Gasteiger charge is 2.46. The van der Waals surface area contributed by atoms with Crippen LogP contribution in [0.3, 0.4) is 0 Å². The van der Waals surface area contributed by atoms with Crippen LogP contribution >= 0.6 is 0 Å². The Kier molecular flexibility index (Phi) is 38.3. The van der Waals surface area contributed by atoms with Crippen LogP contribution in [0.5, 0.6) is 0 Å². The molecule has 12 aliphatic rings. The average molecular weight is 1250 g/mol. The molecular formula is C89H176. The van der Waals surface area contributed by atoms with Gasteiger partial charge in [-0.05, 0) is 272 Å². The first-order valence-corrected chi connectivity index (χ1v) is 41.1. The topological polar surface area (TPSA) is 0 Å². The third kappa shape index (κ3) is 30.1. The first-order chi connectivity index (χ1) is 41.1. The summed E-state index contributed by atoms with van der Waals surface area (Å²) in [6.07, 6.45) is 39.7. The van der Waals surface area contributed by atoms with Gasteiger partial charge >= 0.3 is 0 Å². The standard InChI is InChI=1S/C9H16.10C8H16/c1-7-5-8-3-4-9(7,2)6-8;2*1-6-4-7(2)8(3)5-6;1-6(2)8-4-7(3)5-8;1-7-4-5-8(2,3)6-7;1-8(2,3)7-5-4-6-7;1-7-5-4-6-8(7,2)3;2*1-6-4-5-7(2)8(6)3;1-5-6(2)8(4)7(5)3;1-3-7(2)8-5-4-6-8/h7-8H,3-6H2,1-2H3;3*6-8H,4-5H2,1-3H3;3*7H,4-6H2,1-3H3;2*6-8H,4-5H2,1-3H3;5-8H,1-4H3;7-8H,3-6H2,1-2H3/t7-,8?,9?;6?,7-,8?;;;;;;;;;/m00........./s1. The molecule has 0 radical (unpaired) electrons. The van der Waals surface area contributed by atoms with Gasteiger partial charge in [0.2, 0.25) is 0 Å². The maximum absolute atomic E-state index is 2.48. The molecule has 0 heteroatoms. The Balaban J connectivity index is 0.000000334. The van der Waals surface area contributed by atoms with Gasteiger partial charge < -0.3 is 0 Å². The monoisotopic (exact) mass is 1250 g/mol. The van der Waals surface area contributed by atoms with Crippen molar-refractivity contribution in [1.82, 2.24) is 0 Å². The summed E-state index contributed by atoms with van der Waals surface area (Å²) >= 11 is 0. The summed E-state index contributed by atoms with van der Waals surface area (Å²) < 4.78 is 0. The van der Waals surface area contributed by atoms with E-state index in [-0.39, 0.29) is 0 Å². The van der Waals surface area contributed by atoms with Crippen LogP contribution in [-0.2, 0) is 0 Å². The van der Waals surface area contributed by atoms with E-state index in [4.69, 9.17) is 0 Å². The van der Waals surface area contributed by atoms with E-state index in [0.29, 0.717) is 16.2 Å². The molecule has 12 fully saturated rings. The zero-order valence-electron chi connectivity index (χ0n) is 68.1. The van der Waals surface area contributed by atoms with Crippen molar-refractivity contribution >= 4 is 0 Å². The SMILES string of the molecule is CC(C)(C)C1CCC1.CC1C(C)C(C)C1C.CC1CC(C(C)C)C1.CC1CC(C)C(C)C1.CC1CC(C)[C@@H](C)C1.CC1CCC(C)(C)C1.CC1CCC(C)C1C.CC1CCC(C)C1C.CC1CCCC1(C)C.CCC(C)C1CCC1.C[C@H]1CC2CCC1(C)C2. The number of fused-ring (bicyclic) bond motifs is 2. The summed E-state index contributed by atoms with van der Waals surface area (Å²) in [5.74, 6) is 26.0. The highest BCUT2D eigenvalue weighted by atomic mass is 14.5. The highest BCUT2D eigenvalue weighted by Crippen LogP contribution is 2.57. The molecule has 0 heterocycles. The minimum Gasteiger partial charge on any atom is -0.0651 e. The second kappa shape index (κ2) is 40.0. The first-order valence-electron chi connectivity index (χ1n) is 41.1. The molecule has 0 spiro atoms. The third-order valence-electron chi connectivity index (χ3n) is 30.1. The van der Waals surface area contributed by atoms with Crippen molar-refractivity contribution in [3.05, 3.63) is 0 Å². The Morgan fingerprint density at radius 3 is 0.843 bits per heavy atom. The molecule has 13 unspecified atom stereocenters. The van der Waals surface area contributed by atoms with Gasteiger partial charge in [0.15, 0.2) is 0 Å². The van der Waals surface area contributed by atoms with E-state index in [9.17, 15) is 0 Å². The van der Waals surface area contributed by atoms with E-state index in [2.05, 4.69) is 222 Å². The molecule has 15 atom stereocenters. The summed E-state index contributed by atoms with van der Waals surface area (Å²) in [6.45, 7) is 75.7. The second-order valence-electron chi connectivity index (χ2n) is 40.1. The van der Waals surface area contributed by atoms with Crippen molar-refractivity contribution in [2.75, 3.05) is 0 Å². The molecule has 0 saturated heterocycles. The quantitative estimate of drug-likeness (QED) is 0.264. The summed E-state index contributed by atoms with van der Waals surface area (Å²) in [7, 11) is 0. The highest BCUT2D eigenvalue weighted by molar-refractivity contribution is 4.97. The molecule has 12 rings (SSSR count). The molecule has 12 saturated carbocycles. The van der Waals surface area contributed by atoms with Gasteiger partial charge in [-0.1, -0.05) is 299 Å². The summed E-state index contributed by atoms with van der Waals surface area (Å²) in [5, 5.41) is 0. The van der Waals surface area contributed by atoms with E-state index in [1.807, 2.05) is 0 Å². The molecular weight excluding hydrogens is 1070 g/mol. The first kappa shape index (κ1) is 85.1. The van der Waals surface area contributed by atoms with Gasteiger partial charge in [-0.15, -0.1) is 0 Å². The van der Waals surface area contributed by atoms with E-state index in [1.54, 1.807) is 0 Å². The van der Waals surface area contributed by atoms with Crippen LogP contribution in [0.1, 0.15) is 395 Å². The Hall–Kier alpha value is 0. The van der Waals surface area contributed by atoms with Crippen LogP contribution in [0, 0.1) is 176 Å². The van der Waals surface area contributed by atoms with Gasteiger partial charge in [0.1, 0.15) is 0 Å². The smallest absolute Gasteiger partial charge is 0.0297 e. The molecule has 0 amide bonds. The molecule has 0 aromatic heterocycles. The van der Waals surface area contributed by atoms with Crippen LogP contribution in [0.2, 0.25) is 0 Å². The Morgan fingerprint density at radius 1 is 0.348 bits per heavy atom. The molecule has 12 aliphatic carbocycles. The van der Waals surface area contributed by atoms with Crippen molar-refractivity contribution in [3.63, 3.8) is 0 Å². The fourth-order valence-electron chi connectivity index (χ4n) is 18.9. The minimum atomic E-state index is 0.595. The van der Waals surface area contributed by atoms with Crippen LogP contribution in [-0.4, -0.2) is 0 Å². The fraction of sp³-hybridized carbons (Fsp3) is 1.00. The van der Waals surface area contributed by atoms with Crippen molar-refractivity contribution in [3.8, 4) is 0 Å². The molecule has 532 valence electrons. The maximum atomic E-state index is 2.48. The van der Waals surface area contributed by atoms with Gasteiger partial charge in [-0.3, -0.25) is 0 Å². The van der Waals surface area contributed by atoms with Gasteiger partial charge in [-0.2, -0.15) is 0 Å². The largest absolute Gasteiger partial charge is 0.0651 e. The Morgan fingerprint density at radius 2 is 0.742 bits per heavy atom. The zero-order valence-corrected chi connectivity index (χ0v) is 68.1. The molecule has 0 aliphatic heterocycles. The van der Waals surface area contributed by atoms with Crippen LogP contribution in [0.25, 0.3) is 0 Å². The molecule has 0 nitrogen and oxygen atoms in total. The Labute approximate surface area is 567 Å². The molecule has 0 aromatic rings. The predicted molar refractivity (Wildman–Crippen MR) is 407 cm³/mol. The van der Waals surface area contributed by atoms with E-state index >= 15 is 0 Å². The lowest BCUT2D eigenvalue weighted by Gasteiger charge is -2.45. The van der Waals surface area contributed by atoms with Gasteiger partial charge in [0.25, 0.3) is 0 Å². The fourth-order valence-corrected chi connectivity index (χ4v) is 18.9.